The van der Waals surface area contributed by atoms with Gasteiger partial charge in [0.2, 0.25) is 0 Å². The van der Waals surface area contributed by atoms with Gasteiger partial charge in [0.1, 0.15) is 17.2 Å². The Bertz CT molecular complexity index is 974. The number of aromatic nitrogens is 2. The molecule has 4 aromatic rings. The monoisotopic (exact) mass is 308 g/mol. The molecule has 0 radical (unpaired) electrons. The minimum absolute atomic E-state index is 0.315. The number of nitrogens with zero attached hydrogens (tertiary/aromatic N) is 1. The van der Waals surface area contributed by atoms with Gasteiger partial charge in [-0.2, -0.15) is 0 Å². The van der Waals surface area contributed by atoms with Gasteiger partial charge in [-0.3, -0.25) is 0 Å². The van der Waals surface area contributed by atoms with E-state index in [0.717, 1.165) is 27.7 Å². The molecular weight excluding hydrogens is 295 g/mol. The molecule has 114 valence electrons. The van der Waals surface area contributed by atoms with Gasteiger partial charge in [-0.1, -0.05) is 0 Å². The first-order valence-electron chi connectivity index (χ1n) is 7.10. The summed E-state index contributed by atoms with van der Waals surface area (Å²) in [7, 11) is 1.57. The zero-order valence-corrected chi connectivity index (χ0v) is 12.3. The van der Waals surface area contributed by atoms with Crippen molar-refractivity contribution in [2.75, 3.05) is 7.11 Å². The Kier molecular flexibility index (Phi) is 3.12. The highest BCUT2D eigenvalue weighted by Crippen LogP contribution is 2.34. The van der Waals surface area contributed by atoms with Crippen LogP contribution in [0, 0.1) is 5.82 Å². The molecule has 3 aromatic heterocycles. The van der Waals surface area contributed by atoms with Crippen LogP contribution >= 0.6 is 0 Å². The smallest absolute Gasteiger partial charge is 0.137 e. The summed E-state index contributed by atoms with van der Waals surface area (Å²) in [6, 6.07) is 8.30. The van der Waals surface area contributed by atoms with Crippen LogP contribution < -0.4 is 4.74 Å². The summed E-state index contributed by atoms with van der Waals surface area (Å²) < 4.78 is 24.1. The summed E-state index contributed by atoms with van der Waals surface area (Å²) in [5.74, 6) is 0.290. The maximum atomic E-state index is 13.6. The fourth-order valence-electron chi connectivity index (χ4n) is 2.71. The summed E-state index contributed by atoms with van der Waals surface area (Å²) in [4.78, 5) is 7.57. The molecule has 0 amide bonds. The Morgan fingerprint density at radius 2 is 2.04 bits per heavy atom. The summed E-state index contributed by atoms with van der Waals surface area (Å²) in [5.41, 5.74) is 4.17. The Balaban J connectivity index is 1.92. The fraction of sp³-hybridized carbons (Fsp3) is 0.0556. The summed E-state index contributed by atoms with van der Waals surface area (Å²) >= 11 is 0. The molecule has 3 heterocycles. The summed E-state index contributed by atoms with van der Waals surface area (Å²) in [5, 5.41) is 0.940. The Morgan fingerprint density at radius 3 is 2.83 bits per heavy atom. The number of ether oxygens (including phenoxy) is 1. The van der Waals surface area contributed by atoms with Gasteiger partial charge in [0, 0.05) is 40.0 Å². The van der Waals surface area contributed by atoms with E-state index >= 15 is 0 Å². The number of halogens is 1. The Labute approximate surface area is 131 Å². The molecule has 0 saturated carbocycles. The SMILES string of the molecule is COc1ccc(F)cc1-c1cnc2[nH]cc(-c3ccoc3)c2c1. The minimum Gasteiger partial charge on any atom is -0.496 e. The van der Waals surface area contributed by atoms with E-state index in [-0.39, 0.29) is 5.82 Å². The zero-order chi connectivity index (χ0) is 15.8. The number of aromatic amines is 1. The van der Waals surface area contributed by atoms with Crippen LogP contribution in [0.25, 0.3) is 33.3 Å². The molecule has 0 bridgehead atoms. The highest BCUT2D eigenvalue weighted by molar-refractivity contribution is 5.95. The van der Waals surface area contributed by atoms with E-state index in [9.17, 15) is 4.39 Å². The third kappa shape index (κ3) is 2.26. The average molecular weight is 308 g/mol. The van der Waals surface area contributed by atoms with Crippen LogP contribution in [0.1, 0.15) is 0 Å². The lowest BCUT2D eigenvalue weighted by Crippen LogP contribution is -1.90. The van der Waals surface area contributed by atoms with E-state index in [4.69, 9.17) is 9.15 Å². The number of H-pyrrole nitrogens is 1. The lowest BCUT2D eigenvalue weighted by Gasteiger charge is -2.09. The number of hydrogen-bond donors (Lipinski definition) is 1. The molecule has 0 atom stereocenters. The molecule has 4 rings (SSSR count). The molecule has 4 nitrogen and oxygen atoms in total. The molecule has 23 heavy (non-hydrogen) atoms. The molecule has 0 aliphatic heterocycles. The highest BCUT2D eigenvalue weighted by atomic mass is 19.1. The van der Waals surface area contributed by atoms with Crippen molar-refractivity contribution in [2.45, 2.75) is 0 Å². The van der Waals surface area contributed by atoms with Crippen LogP contribution in [0.2, 0.25) is 0 Å². The Morgan fingerprint density at radius 1 is 1.13 bits per heavy atom. The lowest BCUT2D eigenvalue weighted by atomic mass is 10.0. The molecule has 0 aliphatic carbocycles. The van der Waals surface area contributed by atoms with Crippen LogP contribution in [0.5, 0.6) is 5.75 Å². The van der Waals surface area contributed by atoms with E-state index < -0.39 is 0 Å². The van der Waals surface area contributed by atoms with Crippen molar-refractivity contribution in [2.24, 2.45) is 0 Å². The van der Waals surface area contributed by atoms with Gasteiger partial charge in [-0.05, 0) is 30.3 Å². The van der Waals surface area contributed by atoms with Crippen molar-refractivity contribution >= 4 is 11.0 Å². The van der Waals surface area contributed by atoms with Gasteiger partial charge in [-0.25, -0.2) is 9.37 Å². The van der Waals surface area contributed by atoms with Gasteiger partial charge in [0.05, 0.1) is 19.6 Å². The van der Waals surface area contributed by atoms with Crippen molar-refractivity contribution < 1.29 is 13.5 Å². The lowest BCUT2D eigenvalue weighted by molar-refractivity contribution is 0.415. The number of rotatable bonds is 3. The molecule has 1 aromatic carbocycles. The van der Waals surface area contributed by atoms with Crippen LogP contribution in [0.4, 0.5) is 4.39 Å². The maximum absolute atomic E-state index is 13.6. The predicted molar refractivity (Wildman–Crippen MR) is 85.7 cm³/mol. The molecule has 0 spiro atoms. The van der Waals surface area contributed by atoms with E-state index in [0.29, 0.717) is 11.3 Å². The molecule has 0 saturated heterocycles. The van der Waals surface area contributed by atoms with Crippen LogP contribution in [-0.4, -0.2) is 17.1 Å². The van der Waals surface area contributed by atoms with Gasteiger partial charge >= 0.3 is 0 Å². The van der Waals surface area contributed by atoms with Gasteiger partial charge in [0.25, 0.3) is 0 Å². The second-order valence-corrected chi connectivity index (χ2v) is 5.18. The maximum Gasteiger partial charge on any atom is 0.137 e. The van der Waals surface area contributed by atoms with Crippen LogP contribution in [-0.2, 0) is 0 Å². The normalized spacial score (nSPS) is 11.0. The number of benzene rings is 1. The molecule has 5 heteroatoms. The minimum atomic E-state index is -0.315. The van der Waals surface area contributed by atoms with Crippen molar-refractivity contribution in [1.29, 1.82) is 0 Å². The first-order valence-corrected chi connectivity index (χ1v) is 7.10. The van der Waals surface area contributed by atoms with E-state index in [1.54, 1.807) is 31.9 Å². The third-order valence-electron chi connectivity index (χ3n) is 3.84. The second kappa shape index (κ2) is 5.28. The van der Waals surface area contributed by atoms with E-state index in [1.807, 2.05) is 18.3 Å². The number of pyridine rings is 1. The van der Waals surface area contributed by atoms with Crippen LogP contribution in [0.15, 0.2) is 59.7 Å². The molecule has 0 unspecified atom stereocenters. The van der Waals surface area contributed by atoms with E-state index in [2.05, 4.69) is 9.97 Å². The third-order valence-corrected chi connectivity index (χ3v) is 3.84. The van der Waals surface area contributed by atoms with Crippen molar-refractivity contribution in [1.82, 2.24) is 9.97 Å². The standard InChI is InChI=1S/C18H13FN2O2/c1-22-17-3-2-13(19)7-14(17)12-6-15-16(11-4-5-23-10-11)9-21-18(15)20-8-12/h2-10H,1H3,(H,20,21). The fourth-order valence-corrected chi connectivity index (χ4v) is 2.71. The number of methoxy groups -OCH3 is 1. The largest absolute Gasteiger partial charge is 0.496 e. The molecular formula is C18H13FN2O2. The zero-order valence-electron chi connectivity index (χ0n) is 12.3. The van der Waals surface area contributed by atoms with E-state index in [1.165, 1.54) is 12.1 Å². The molecule has 1 N–H and O–H groups in total. The van der Waals surface area contributed by atoms with Gasteiger partial charge in [-0.15, -0.1) is 0 Å². The average Bonchev–Trinajstić information content (AvgIpc) is 3.23. The second-order valence-electron chi connectivity index (χ2n) is 5.18. The number of nitrogens with one attached hydrogen (secondary N) is 1. The van der Waals surface area contributed by atoms with Crippen molar-refractivity contribution in [3.63, 3.8) is 0 Å². The number of furan rings is 1. The summed E-state index contributed by atoms with van der Waals surface area (Å²) in [6.45, 7) is 0. The molecule has 0 fully saturated rings. The molecule has 0 aliphatic rings. The Hall–Kier alpha value is -3.08. The number of fused-ring (bicyclic) bond motifs is 1. The topological polar surface area (TPSA) is 51.0 Å². The first kappa shape index (κ1) is 13.6. The highest BCUT2D eigenvalue weighted by Gasteiger charge is 2.12. The number of hydrogen-bond acceptors (Lipinski definition) is 3. The van der Waals surface area contributed by atoms with Crippen LogP contribution in [0.3, 0.4) is 0 Å². The van der Waals surface area contributed by atoms with Gasteiger partial charge in [0.15, 0.2) is 0 Å². The predicted octanol–water partition coefficient (Wildman–Crippen LogP) is 4.64. The summed E-state index contributed by atoms with van der Waals surface area (Å²) in [6.07, 6.45) is 6.89. The quantitative estimate of drug-likeness (QED) is 0.600. The van der Waals surface area contributed by atoms with Crippen molar-refractivity contribution in [3.8, 4) is 28.0 Å². The first-order chi connectivity index (χ1) is 11.3. The van der Waals surface area contributed by atoms with Gasteiger partial charge < -0.3 is 14.1 Å². The van der Waals surface area contributed by atoms with Crippen molar-refractivity contribution in [3.05, 3.63) is 61.1 Å².